The van der Waals surface area contributed by atoms with Gasteiger partial charge in [0.05, 0.1) is 5.56 Å². The Morgan fingerprint density at radius 3 is 2.45 bits per heavy atom. The van der Waals surface area contributed by atoms with E-state index in [1.54, 1.807) is 4.90 Å². The second-order valence-electron chi connectivity index (χ2n) is 5.36. The van der Waals surface area contributed by atoms with E-state index in [0.29, 0.717) is 18.7 Å². The number of phenols is 1. The minimum Gasteiger partial charge on any atom is -0.507 e. The number of aromatic hydroxyl groups is 1. The van der Waals surface area contributed by atoms with Crippen molar-refractivity contribution < 1.29 is 18.7 Å². The Labute approximate surface area is 126 Å². The molecular formula is C17H15F2NO2. The molecule has 114 valence electrons. The summed E-state index contributed by atoms with van der Waals surface area (Å²) in [5.74, 6) is -1.66. The van der Waals surface area contributed by atoms with Crippen molar-refractivity contribution in [3.63, 3.8) is 0 Å². The van der Waals surface area contributed by atoms with E-state index in [1.807, 2.05) is 0 Å². The van der Waals surface area contributed by atoms with Crippen molar-refractivity contribution in [2.75, 3.05) is 13.1 Å². The first-order valence-electron chi connectivity index (χ1n) is 7.14. The van der Waals surface area contributed by atoms with Gasteiger partial charge in [-0.05, 0) is 48.7 Å². The zero-order valence-electron chi connectivity index (χ0n) is 11.9. The third kappa shape index (κ3) is 2.66. The number of nitrogens with zero attached hydrogens (tertiary/aromatic N) is 1. The van der Waals surface area contributed by atoms with Gasteiger partial charge in [0.25, 0.3) is 5.91 Å². The first-order valence-corrected chi connectivity index (χ1v) is 7.14. The summed E-state index contributed by atoms with van der Waals surface area (Å²) < 4.78 is 27.5. The van der Waals surface area contributed by atoms with Gasteiger partial charge >= 0.3 is 0 Å². The SMILES string of the molecule is O=C(c1ccc(-c2cc(F)ccc2O)cc1F)N1CCCC1. The van der Waals surface area contributed by atoms with Crippen LogP contribution in [0.2, 0.25) is 0 Å². The molecule has 1 aliphatic rings. The van der Waals surface area contributed by atoms with E-state index in [2.05, 4.69) is 0 Å². The molecule has 0 radical (unpaired) electrons. The summed E-state index contributed by atoms with van der Waals surface area (Å²) in [6, 6.07) is 7.52. The predicted octanol–water partition coefficient (Wildman–Crippen LogP) is 3.57. The van der Waals surface area contributed by atoms with Crippen LogP contribution in [0.25, 0.3) is 11.1 Å². The Balaban J connectivity index is 1.95. The van der Waals surface area contributed by atoms with Gasteiger partial charge in [0.1, 0.15) is 17.4 Å². The number of hydrogen-bond donors (Lipinski definition) is 1. The van der Waals surface area contributed by atoms with Crippen LogP contribution in [0.1, 0.15) is 23.2 Å². The smallest absolute Gasteiger partial charge is 0.256 e. The zero-order valence-corrected chi connectivity index (χ0v) is 11.9. The molecule has 2 aromatic rings. The third-order valence-electron chi connectivity index (χ3n) is 3.86. The molecule has 5 heteroatoms. The molecule has 1 heterocycles. The molecule has 1 fully saturated rings. The van der Waals surface area contributed by atoms with Crippen LogP contribution in [0.4, 0.5) is 8.78 Å². The Kier molecular flexibility index (Phi) is 3.79. The number of phenolic OH excluding ortho intramolecular Hbond substituents is 1. The third-order valence-corrected chi connectivity index (χ3v) is 3.86. The van der Waals surface area contributed by atoms with Crippen LogP contribution >= 0.6 is 0 Å². The summed E-state index contributed by atoms with van der Waals surface area (Å²) in [7, 11) is 0. The normalized spacial score (nSPS) is 14.4. The molecule has 0 spiro atoms. The first kappa shape index (κ1) is 14.5. The maximum atomic E-state index is 14.2. The van der Waals surface area contributed by atoms with Crippen molar-refractivity contribution in [3.8, 4) is 16.9 Å². The molecule has 0 aromatic heterocycles. The number of hydrogen-bond acceptors (Lipinski definition) is 2. The van der Waals surface area contributed by atoms with Gasteiger partial charge < -0.3 is 10.0 Å². The van der Waals surface area contributed by atoms with Crippen LogP contribution in [0.3, 0.4) is 0 Å². The topological polar surface area (TPSA) is 40.5 Å². The Hall–Kier alpha value is -2.43. The van der Waals surface area contributed by atoms with Gasteiger partial charge in [-0.2, -0.15) is 0 Å². The van der Waals surface area contributed by atoms with Crippen molar-refractivity contribution >= 4 is 5.91 Å². The molecular weight excluding hydrogens is 288 g/mol. The number of carbonyl (C=O) groups excluding carboxylic acids is 1. The summed E-state index contributed by atoms with van der Waals surface area (Å²) in [6.45, 7) is 1.29. The molecule has 22 heavy (non-hydrogen) atoms. The van der Waals surface area contributed by atoms with E-state index in [-0.39, 0.29) is 22.8 Å². The molecule has 1 aliphatic heterocycles. The number of amides is 1. The van der Waals surface area contributed by atoms with Gasteiger partial charge in [-0.3, -0.25) is 4.79 Å². The standard InChI is InChI=1S/C17H15F2NO2/c18-12-4-6-16(21)14(10-12)11-3-5-13(15(19)9-11)17(22)20-7-1-2-8-20/h3-6,9-10,21H,1-2,7-8H2. The van der Waals surface area contributed by atoms with Crippen molar-refractivity contribution in [1.82, 2.24) is 4.90 Å². The second-order valence-corrected chi connectivity index (χ2v) is 5.36. The van der Waals surface area contributed by atoms with Gasteiger partial charge in [0, 0.05) is 18.7 Å². The van der Waals surface area contributed by atoms with Gasteiger partial charge in [-0.25, -0.2) is 8.78 Å². The van der Waals surface area contributed by atoms with Crippen molar-refractivity contribution in [2.24, 2.45) is 0 Å². The lowest BCUT2D eigenvalue weighted by molar-refractivity contribution is 0.0788. The Morgan fingerprint density at radius 1 is 1.05 bits per heavy atom. The maximum Gasteiger partial charge on any atom is 0.256 e. The summed E-state index contributed by atoms with van der Waals surface area (Å²) in [5, 5.41) is 9.77. The van der Waals surface area contributed by atoms with E-state index in [1.165, 1.54) is 18.2 Å². The highest BCUT2D eigenvalue weighted by molar-refractivity contribution is 5.95. The van der Waals surface area contributed by atoms with E-state index < -0.39 is 11.6 Å². The molecule has 1 amide bonds. The van der Waals surface area contributed by atoms with Crippen LogP contribution in [-0.2, 0) is 0 Å². The number of halogens is 2. The van der Waals surface area contributed by atoms with Crippen LogP contribution < -0.4 is 0 Å². The summed E-state index contributed by atoms with van der Waals surface area (Å²) >= 11 is 0. The summed E-state index contributed by atoms with van der Waals surface area (Å²) in [6.07, 6.45) is 1.87. The van der Waals surface area contributed by atoms with Crippen LogP contribution in [0.15, 0.2) is 36.4 Å². The average Bonchev–Trinajstić information content (AvgIpc) is 3.03. The fraction of sp³-hybridized carbons (Fsp3) is 0.235. The van der Waals surface area contributed by atoms with E-state index in [4.69, 9.17) is 0 Å². The minimum absolute atomic E-state index is 0.00143. The van der Waals surface area contributed by atoms with Crippen molar-refractivity contribution in [1.29, 1.82) is 0 Å². The van der Waals surface area contributed by atoms with E-state index in [0.717, 1.165) is 31.0 Å². The molecule has 0 bridgehead atoms. The number of benzene rings is 2. The summed E-state index contributed by atoms with van der Waals surface area (Å²) in [5.41, 5.74) is 0.521. The minimum atomic E-state index is -0.668. The fourth-order valence-corrected chi connectivity index (χ4v) is 2.69. The highest BCUT2D eigenvalue weighted by atomic mass is 19.1. The largest absolute Gasteiger partial charge is 0.507 e. The predicted molar refractivity (Wildman–Crippen MR) is 78.6 cm³/mol. The lowest BCUT2D eigenvalue weighted by Crippen LogP contribution is -2.28. The number of likely N-dealkylation sites (tertiary alicyclic amines) is 1. The Bertz CT molecular complexity index is 725. The van der Waals surface area contributed by atoms with Gasteiger partial charge in [-0.1, -0.05) is 6.07 Å². The van der Waals surface area contributed by atoms with Crippen molar-refractivity contribution in [3.05, 3.63) is 53.6 Å². The van der Waals surface area contributed by atoms with Gasteiger partial charge in [0.15, 0.2) is 0 Å². The second kappa shape index (κ2) is 5.75. The van der Waals surface area contributed by atoms with Crippen LogP contribution in [-0.4, -0.2) is 29.0 Å². The van der Waals surface area contributed by atoms with E-state index in [9.17, 15) is 18.7 Å². The van der Waals surface area contributed by atoms with E-state index >= 15 is 0 Å². The zero-order chi connectivity index (χ0) is 15.7. The lowest BCUT2D eigenvalue weighted by atomic mass is 10.0. The molecule has 0 atom stereocenters. The fourth-order valence-electron chi connectivity index (χ4n) is 2.69. The van der Waals surface area contributed by atoms with Crippen LogP contribution in [0, 0.1) is 11.6 Å². The molecule has 3 rings (SSSR count). The van der Waals surface area contributed by atoms with Gasteiger partial charge in [-0.15, -0.1) is 0 Å². The molecule has 0 unspecified atom stereocenters. The molecule has 2 aromatic carbocycles. The van der Waals surface area contributed by atoms with Crippen molar-refractivity contribution in [2.45, 2.75) is 12.8 Å². The average molecular weight is 303 g/mol. The quantitative estimate of drug-likeness (QED) is 0.921. The number of rotatable bonds is 2. The summed E-state index contributed by atoms with van der Waals surface area (Å²) in [4.78, 5) is 13.8. The molecule has 1 saturated heterocycles. The van der Waals surface area contributed by atoms with Gasteiger partial charge in [0.2, 0.25) is 0 Å². The Morgan fingerprint density at radius 2 is 1.77 bits per heavy atom. The molecule has 3 nitrogen and oxygen atoms in total. The molecule has 0 aliphatic carbocycles. The maximum absolute atomic E-state index is 14.2. The molecule has 0 saturated carbocycles. The highest BCUT2D eigenvalue weighted by Crippen LogP contribution is 2.31. The molecule has 1 N–H and O–H groups in total. The lowest BCUT2D eigenvalue weighted by Gasteiger charge is -2.16. The monoisotopic (exact) mass is 303 g/mol. The number of carbonyl (C=O) groups is 1. The first-order chi connectivity index (χ1) is 10.6. The van der Waals surface area contributed by atoms with Crippen LogP contribution in [0.5, 0.6) is 5.75 Å². The highest BCUT2D eigenvalue weighted by Gasteiger charge is 2.22.